The Bertz CT molecular complexity index is 2420. The molecule has 0 fully saturated rings. The van der Waals surface area contributed by atoms with Gasteiger partial charge in [-0.3, -0.25) is 9.37 Å². The normalized spacial score (nSPS) is 11.8. The van der Waals surface area contributed by atoms with Crippen molar-refractivity contribution in [2.75, 3.05) is 0 Å². The van der Waals surface area contributed by atoms with Gasteiger partial charge in [0.05, 0.1) is 5.58 Å². The summed E-state index contributed by atoms with van der Waals surface area (Å²) >= 11 is 0. The molecule has 247 valence electrons. The smallest absolute Gasteiger partial charge is 0.121 e. The minimum Gasteiger partial charge on any atom is -0.501 e. The summed E-state index contributed by atoms with van der Waals surface area (Å²) in [6, 6.07) is 38.0. The number of hydrogen-bond donors (Lipinski definition) is 0. The molecule has 49 heavy (non-hydrogen) atoms. The quantitative estimate of drug-likeness (QED) is 0.129. The Morgan fingerprint density at radius 2 is 1.45 bits per heavy atom. The first-order valence-electron chi connectivity index (χ1n) is 16.1. The van der Waals surface area contributed by atoms with Crippen LogP contribution in [0.5, 0.6) is 0 Å². The van der Waals surface area contributed by atoms with Gasteiger partial charge in [-0.05, 0) is 56.0 Å². The van der Waals surface area contributed by atoms with Crippen molar-refractivity contribution in [3.8, 4) is 22.5 Å². The Kier molecular flexibility index (Phi) is 9.23. The van der Waals surface area contributed by atoms with Crippen LogP contribution in [0.1, 0.15) is 52.8 Å². The predicted molar refractivity (Wildman–Crippen MR) is 194 cm³/mol. The summed E-state index contributed by atoms with van der Waals surface area (Å²) < 4.78 is 19.2. The maximum absolute atomic E-state index is 12.8. The second-order valence-corrected chi connectivity index (χ2v) is 14.2. The van der Waals surface area contributed by atoms with Crippen molar-refractivity contribution in [2.45, 2.75) is 52.4 Å². The van der Waals surface area contributed by atoms with Crippen LogP contribution in [0.15, 0.2) is 114 Å². The Morgan fingerprint density at radius 1 is 0.653 bits per heavy atom. The van der Waals surface area contributed by atoms with Gasteiger partial charge in [-0.2, -0.15) is 0 Å². The zero-order valence-electron chi connectivity index (χ0n) is 28.4. The van der Waals surface area contributed by atoms with Crippen molar-refractivity contribution in [1.29, 1.82) is 0 Å². The van der Waals surface area contributed by atoms with E-state index in [2.05, 4.69) is 129 Å². The first kappa shape index (κ1) is 34.1. The number of fused-ring (bicyclic) bond motifs is 6. The first-order chi connectivity index (χ1) is 23.0. The van der Waals surface area contributed by atoms with E-state index in [0.29, 0.717) is 0 Å². The molecule has 0 spiro atoms. The zero-order valence-corrected chi connectivity index (χ0v) is 30.7. The van der Waals surface area contributed by atoms with E-state index in [4.69, 9.17) is 4.42 Å². The van der Waals surface area contributed by atoms with Crippen LogP contribution in [-0.2, 0) is 30.9 Å². The third-order valence-electron chi connectivity index (χ3n) is 8.67. The van der Waals surface area contributed by atoms with Crippen molar-refractivity contribution >= 4 is 43.5 Å². The van der Waals surface area contributed by atoms with E-state index < -0.39 is 0 Å². The average molecular weight is 822 g/mol. The molecule has 3 heterocycles. The fourth-order valence-electron chi connectivity index (χ4n) is 5.90. The minimum absolute atomic E-state index is 0. The van der Waals surface area contributed by atoms with Crippen molar-refractivity contribution in [3.05, 3.63) is 139 Å². The number of aromatic nitrogens is 3. The van der Waals surface area contributed by atoms with E-state index in [1.165, 1.54) is 39.2 Å². The molecule has 0 N–H and O–H groups in total. The molecule has 4 nitrogen and oxygen atoms in total. The summed E-state index contributed by atoms with van der Waals surface area (Å²) in [5.41, 5.74) is 7.25. The van der Waals surface area contributed by atoms with Crippen molar-refractivity contribution < 1.29 is 28.9 Å². The molecule has 0 saturated heterocycles. The monoisotopic (exact) mass is 822 g/mol. The molecule has 0 bridgehead atoms. The van der Waals surface area contributed by atoms with Crippen molar-refractivity contribution in [3.63, 3.8) is 0 Å². The van der Waals surface area contributed by atoms with E-state index in [1.54, 1.807) is 12.4 Å². The molecule has 0 atom stereocenters. The Balaban J connectivity index is 0.000000198. The molecular formula is C43H36FIrN3O-2. The Labute approximate surface area is 299 Å². The van der Waals surface area contributed by atoms with Gasteiger partial charge in [0, 0.05) is 48.6 Å². The molecule has 8 rings (SSSR count). The number of halogens is 1. The van der Waals surface area contributed by atoms with Crippen molar-refractivity contribution in [1.82, 2.24) is 15.0 Å². The van der Waals surface area contributed by atoms with Gasteiger partial charge in [-0.1, -0.05) is 107 Å². The summed E-state index contributed by atoms with van der Waals surface area (Å²) in [4.78, 5) is 13.4. The molecule has 0 aliphatic heterocycles. The molecule has 0 aliphatic rings. The summed E-state index contributed by atoms with van der Waals surface area (Å²) in [6.45, 7) is 12.9. The molecule has 8 aromatic rings. The summed E-state index contributed by atoms with van der Waals surface area (Å²) in [5, 5.41) is 7.07. The molecule has 0 unspecified atom stereocenters. The van der Waals surface area contributed by atoms with Gasteiger partial charge in [-0.15, -0.1) is 48.0 Å². The second-order valence-electron chi connectivity index (χ2n) is 14.2. The molecule has 5 aromatic carbocycles. The van der Waals surface area contributed by atoms with E-state index in [9.17, 15) is 4.39 Å². The van der Waals surface area contributed by atoms with Crippen LogP contribution < -0.4 is 0 Å². The van der Waals surface area contributed by atoms with Gasteiger partial charge in [0.1, 0.15) is 11.9 Å². The summed E-state index contributed by atoms with van der Waals surface area (Å²) in [7, 11) is 0. The van der Waals surface area contributed by atoms with Gasteiger partial charge < -0.3 is 9.40 Å². The molecule has 0 aliphatic carbocycles. The van der Waals surface area contributed by atoms with Crippen LogP contribution >= 0.6 is 0 Å². The molecular weight excluding hydrogens is 786 g/mol. The number of rotatable bonds is 2. The number of furan rings is 1. The molecule has 3 aromatic heterocycles. The Morgan fingerprint density at radius 3 is 2.16 bits per heavy atom. The van der Waals surface area contributed by atoms with E-state index >= 15 is 0 Å². The number of benzene rings is 5. The van der Waals surface area contributed by atoms with E-state index in [-0.39, 0.29) is 36.8 Å². The second kappa shape index (κ2) is 13.3. The third-order valence-corrected chi connectivity index (χ3v) is 8.67. The standard InChI is InChI=1S/C28H21N2O.C15H15FN.Ir/c1-28(2,3)26-15-24(29-16-30-26)21-10-6-9-20-23-13-18-12-11-17-7-4-5-8-19(17)22(18)14-25(23)31-27(20)21;1-15(2,3)12-6-9-14(17-10-12)11-4-7-13(16)8-5-11;/h4-9,11-16H,1-3H3;4,6-10H,1-3H3;/q2*-1;. The molecule has 0 amide bonds. The van der Waals surface area contributed by atoms with Crippen LogP contribution in [0.4, 0.5) is 4.39 Å². The van der Waals surface area contributed by atoms with Gasteiger partial charge in [-0.25, -0.2) is 4.98 Å². The summed E-state index contributed by atoms with van der Waals surface area (Å²) in [5.74, 6) is -0.278. The number of nitrogens with zero attached hydrogens (tertiary/aromatic N) is 3. The predicted octanol–water partition coefficient (Wildman–Crippen LogP) is 11.4. The van der Waals surface area contributed by atoms with Crippen LogP contribution in [0.3, 0.4) is 0 Å². The fourth-order valence-corrected chi connectivity index (χ4v) is 5.90. The molecule has 0 saturated carbocycles. The maximum Gasteiger partial charge on any atom is 0.121 e. The topological polar surface area (TPSA) is 51.8 Å². The van der Waals surface area contributed by atoms with Crippen LogP contribution in [-0.4, -0.2) is 15.0 Å². The van der Waals surface area contributed by atoms with E-state index in [1.807, 2.05) is 24.4 Å². The number of hydrogen-bond acceptors (Lipinski definition) is 4. The van der Waals surface area contributed by atoms with Gasteiger partial charge in [0.2, 0.25) is 0 Å². The third kappa shape index (κ3) is 6.90. The Hall–Kier alpha value is -4.77. The van der Waals surface area contributed by atoms with Gasteiger partial charge in [0.25, 0.3) is 0 Å². The zero-order chi connectivity index (χ0) is 33.6. The SMILES string of the molecule is CC(C)(C)c1cc(-c2[c-]ccc3c2oc2cc4c(ccc5ccccc54)cc23)ncn1.CC(C)(C)c1ccc(-c2[c-]cc(F)cc2)nc1.[Ir]. The molecule has 6 heteroatoms. The number of pyridine rings is 1. The van der Waals surface area contributed by atoms with Crippen LogP contribution in [0.2, 0.25) is 0 Å². The van der Waals surface area contributed by atoms with E-state index in [0.717, 1.165) is 50.1 Å². The average Bonchev–Trinajstić information content (AvgIpc) is 3.45. The van der Waals surface area contributed by atoms with Crippen LogP contribution in [0, 0.1) is 17.9 Å². The minimum atomic E-state index is -0.278. The molecule has 1 radical (unpaired) electrons. The fraction of sp³-hybridized carbons (Fsp3) is 0.186. The first-order valence-corrected chi connectivity index (χ1v) is 16.1. The van der Waals surface area contributed by atoms with Gasteiger partial charge >= 0.3 is 0 Å². The maximum atomic E-state index is 12.8. The van der Waals surface area contributed by atoms with Gasteiger partial charge in [0.15, 0.2) is 0 Å². The van der Waals surface area contributed by atoms with Crippen molar-refractivity contribution in [2.24, 2.45) is 0 Å². The summed E-state index contributed by atoms with van der Waals surface area (Å²) in [6.07, 6.45) is 3.50. The van der Waals surface area contributed by atoms with Crippen LogP contribution in [0.25, 0.3) is 66.0 Å². The largest absolute Gasteiger partial charge is 0.501 e.